The van der Waals surface area contributed by atoms with Crippen LogP contribution in [0.4, 0.5) is 0 Å². The molecule has 1 aliphatic carbocycles. The standard InChI is InChI=1S/C45H29N3.C42H31N3/c1-3-13-30(14-4-1)43-46-44(31-15-5-2-6-16-31)48-45(47-43)36-20-12-19-34(28-36)32-17-11-18-33(27-32)35-25-26-41-39-23-8-7-21-37(39)38-22-9-10-24-40(38)42(41)29-35;1-42(2)37-22-10-9-21-35(37)36-24-23-33(27-38(36)42)31-18-11-17-30(25-31)32-19-12-20-34(26-32)41-44-39(28-13-5-3-6-14-28)43-40(45-41)29-15-7-4-8-16-29/h1-29H;3-27H,1-2H3. The van der Waals surface area contributed by atoms with Crippen molar-refractivity contribution in [2.75, 3.05) is 0 Å². The number of nitrogens with zero attached hydrogens (tertiary/aromatic N) is 6. The zero-order chi connectivity index (χ0) is 62.2. The Morgan fingerprint density at radius 2 is 0.430 bits per heavy atom. The van der Waals surface area contributed by atoms with Gasteiger partial charge in [0, 0.05) is 38.8 Å². The third kappa shape index (κ3) is 10.9. The van der Waals surface area contributed by atoms with E-state index in [1.165, 1.54) is 76.8 Å². The normalized spacial score (nSPS) is 12.1. The molecule has 0 radical (unpaired) electrons. The van der Waals surface area contributed by atoms with Crippen LogP contribution in [0, 0.1) is 0 Å². The van der Waals surface area contributed by atoms with Crippen molar-refractivity contribution >= 4 is 32.3 Å². The van der Waals surface area contributed by atoms with Crippen molar-refractivity contribution in [1.29, 1.82) is 0 Å². The molecule has 6 heteroatoms. The number of fused-ring (bicyclic) bond motifs is 9. The molecular weight excluding hydrogens is 1130 g/mol. The van der Waals surface area contributed by atoms with Crippen LogP contribution in [0.5, 0.6) is 0 Å². The summed E-state index contributed by atoms with van der Waals surface area (Å²) in [7, 11) is 0. The zero-order valence-electron chi connectivity index (χ0n) is 51.4. The van der Waals surface area contributed by atoms with E-state index < -0.39 is 0 Å². The molecule has 0 saturated heterocycles. The summed E-state index contributed by atoms with van der Waals surface area (Å²) in [5, 5.41) is 7.69. The molecule has 0 saturated carbocycles. The van der Waals surface area contributed by atoms with Crippen molar-refractivity contribution < 1.29 is 0 Å². The minimum Gasteiger partial charge on any atom is -0.208 e. The van der Waals surface area contributed by atoms with E-state index in [0.717, 1.165) is 55.6 Å². The maximum absolute atomic E-state index is 4.95. The Hall–Kier alpha value is -12.1. The summed E-state index contributed by atoms with van der Waals surface area (Å²) in [4.78, 5) is 29.5. The van der Waals surface area contributed by atoms with Crippen LogP contribution in [0.25, 0.3) is 156 Å². The smallest absolute Gasteiger partial charge is 0.164 e. The van der Waals surface area contributed by atoms with E-state index in [0.29, 0.717) is 34.9 Å². The van der Waals surface area contributed by atoms with Crippen LogP contribution < -0.4 is 0 Å². The Balaban J connectivity index is 0.000000148. The first-order chi connectivity index (χ1) is 45.8. The van der Waals surface area contributed by atoms with Gasteiger partial charge in [0.15, 0.2) is 34.9 Å². The predicted molar refractivity (Wildman–Crippen MR) is 384 cm³/mol. The highest BCUT2D eigenvalue weighted by molar-refractivity contribution is 6.25. The zero-order valence-corrected chi connectivity index (χ0v) is 51.4. The van der Waals surface area contributed by atoms with Gasteiger partial charge in [0.1, 0.15) is 0 Å². The van der Waals surface area contributed by atoms with Gasteiger partial charge in [-0.2, -0.15) is 0 Å². The van der Waals surface area contributed by atoms with Crippen molar-refractivity contribution in [3.05, 3.63) is 339 Å². The molecule has 93 heavy (non-hydrogen) atoms. The van der Waals surface area contributed by atoms with Crippen molar-refractivity contribution in [1.82, 2.24) is 29.9 Å². The van der Waals surface area contributed by atoms with Gasteiger partial charge in [0.25, 0.3) is 0 Å². The molecule has 0 amide bonds. The number of aromatic nitrogens is 6. The van der Waals surface area contributed by atoms with Crippen LogP contribution in [0.15, 0.2) is 328 Å². The summed E-state index contributed by atoms with van der Waals surface area (Å²) in [6.45, 7) is 4.66. The summed E-state index contributed by atoms with van der Waals surface area (Å²) in [5.74, 6) is 3.93. The molecule has 17 rings (SSSR count). The Labute approximate surface area is 541 Å². The molecule has 0 fully saturated rings. The molecular formula is C87H60N6. The second kappa shape index (κ2) is 24.0. The van der Waals surface area contributed by atoms with Gasteiger partial charge in [0.2, 0.25) is 0 Å². The molecule has 0 bridgehead atoms. The first-order valence-corrected chi connectivity index (χ1v) is 31.6. The lowest BCUT2D eigenvalue weighted by molar-refractivity contribution is 0.660. The fraction of sp³-hybridized carbons (Fsp3) is 0.0345. The van der Waals surface area contributed by atoms with Gasteiger partial charge in [-0.1, -0.05) is 305 Å². The highest BCUT2D eigenvalue weighted by atomic mass is 15.0. The average molecular weight is 1190 g/mol. The molecule has 0 spiro atoms. The summed E-state index contributed by atoms with van der Waals surface area (Å²) in [6.07, 6.45) is 0. The van der Waals surface area contributed by atoms with Gasteiger partial charge in [-0.05, 0) is 135 Å². The Morgan fingerprint density at radius 3 is 0.828 bits per heavy atom. The molecule has 0 unspecified atom stereocenters. The predicted octanol–water partition coefficient (Wildman–Crippen LogP) is 22.2. The molecule has 6 nitrogen and oxygen atoms in total. The summed E-state index contributed by atoms with van der Waals surface area (Å²) < 4.78 is 0. The number of hydrogen-bond acceptors (Lipinski definition) is 6. The lowest BCUT2D eigenvalue weighted by Crippen LogP contribution is -2.14. The topological polar surface area (TPSA) is 77.3 Å². The molecule has 1 aliphatic rings. The van der Waals surface area contributed by atoms with E-state index in [9.17, 15) is 0 Å². The number of rotatable bonds is 10. The molecule has 2 aromatic heterocycles. The van der Waals surface area contributed by atoms with E-state index >= 15 is 0 Å². The molecule has 438 valence electrons. The van der Waals surface area contributed by atoms with Crippen LogP contribution >= 0.6 is 0 Å². The van der Waals surface area contributed by atoms with E-state index in [-0.39, 0.29) is 5.41 Å². The highest BCUT2D eigenvalue weighted by Crippen LogP contribution is 2.50. The maximum Gasteiger partial charge on any atom is 0.164 e. The molecule has 16 aromatic rings. The van der Waals surface area contributed by atoms with Gasteiger partial charge < -0.3 is 0 Å². The fourth-order valence-electron chi connectivity index (χ4n) is 13.3. The lowest BCUT2D eigenvalue weighted by Gasteiger charge is -2.22. The monoisotopic (exact) mass is 1190 g/mol. The largest absolute Gasteiger partial charge is 0.208 e. The van der Waals surface area contributed by atoms with Gasteiger partial charge in [-0.3, -0.25) is 0 Å². The SMILES string of the molecule is CC1(C)c2ccccc2-c2ccc(-c3cccc(-c4cccc(-c5nc(-c6ccccc6)nc(-c6ccccc6)n5)c4)c3)cc21.c1ccc(-c2nc(-c3ccccc3)nc(-c3cccc(-c4cccc(-c5ccc6c7ccccc7c7ccccc7c6c5)c4)c3)n2)cc1. The second-order valence-corrected chi connectivity index (χ2v) is 24.2. The van der Waals surface area contributed by atoms with E-state index in [1.807, 2.05) is 121 Å². The number of benzene rings is 14. The van der Waals surface area contributed by atoms with Gasteiger partial charge in [-0.15, -0.1) is 0 Å². The fourth-order valence-corrected chi connectivity index (χ4v) is 13.3. The summed E-state index contributed by atoms with van der Waals surface area (Å²) in [5.41, 5.74) is 20.5. The summed E-state index contributed by atoms with van der Waals surface area (Å²) in [6, 6.07) is 115. The first kappa shape index (κ1) is 56.1. The van der Waals surface area contributed by atoms with Crippen LogP contribution in [0.1, 0.15) is 25.0 Å². The van der Waals surface area contributed by atoms with Crippen molar-refractivity contribution in [3.63, 3.8) is 0 Å². The van der Waals surface area contributed by atoms with Crippen molar-refractivity contribution in [2.45, 2.75) is 19.3 Å². The minimum atomic E-state index is -0.0321. The first-order valence-electron chi connectivity index (χ1n) is 31.6. The Bertz CT molecular complexity index is 5320. The van der Waals surface area contributed by atoms with Gasteiger partial charge in [-0.25, -0.2) is 29.9 Å². The van der Waals surface area contributed by atoms with E-state index in [4.69, 9.17) is 29.9 Å². The van der Waals surface area contributed by atoms with Gasteiger partial charge in [0.05, 0.1) is 0 Å². The average Bonchev–Trinajstić information content (AvgIpc) is 1.66. The van der Waals surface area contributed by atoms with Crippen LogP contribution in [0.3, 0.4) is 0 Å². The third-order valence-corrected chi connectivity index (χ3v) is 18.0. The van der Waals surface area contributed by atoms with Crippen LogP contribution in [0.2, 0.25) is 0 Å². The molecule has 0 aliphatic heterocycles. The maximum atomic E-state index is 4.95. The quantitative estimate of drug-likeness (QED) is 0.127. The highest BCUT2D eigenvalue weighted by Gasteiger charge is 2.35. The minimum absolute atomic E-state index is 0.0321. The van der Waals surface area contributed by atoms with Crippen molar-refractivity contribution in [3.8, 4) is 124 Å². The van der Waals surface area contributed by atoms with Crippen LogP contribution in [-0.2, 0) is 5.41 Å². The van der Waals surface area contributed by atoms with Crippen LogP contribution in [-0.4, -0.2) is 29.9 Å². The molecule has 14 aromatic carbocycles. The number of hydrogen-bond donors (Lipinski definition) is 0. The summed E-state index contributed by atoms with van der Waals surface area (Å²) >= 11 is 0. The third-order valence-electron chi connectivity index (χ3n) is 18.0. The molecule has 2 heterocycles. The van der Waals surface area contributed by atoms with Crippen molar-refractivity contribution in [2.24, 2.45) is 0 Å². The van der Waals surface area contributed by atoms with Gasteiger partial charge >= 0.3 is 0 Å². The van der Waals surface area contributed by atoms with E-state index in [1.54, 1.807) is 0 Å². The van der Waals surface area contributed by atoms with E-state index in [2.05, 4.69) is 220 Å². The molecule has 0 atom stereocenters. The molecule has 0 N–H and O–H groups in total. The Morgan fingerprint density at radius 1 is 0.172 bits per heavy atom. The Kier molecular flexibility index (Phi) is 14.5. The second-order valence-electron chi connectivity index (χ2n) is 24.2. The lowest BCUT2D eigenvalue weighted by atomic mass is 9.81.